The molecule has 0 amide bonds. The van der Waals surface area contributed by atoms with Crippen molar-refractivity contribution in [2.45, 2.75) is 0 Å². The highest BCUT2D eigenvalue weighted by Gasteiger charge is 2.12. The molecule has 0 heterocycles. The van der Waals surface area contributed by atoms with Crippen molar-refractivity contribution in [3.63, 3.8) is 0 Å². The van der Waals surface area contributed by atoms with Crippen LogP contribution in [0.25, 0.3) is 0 Å². The summed E-state index contributed by atoms with van der Waals surface area (Å²) in [6, 6.07) is 0. The van der Waals surface area contributed by atoms with Gasteiger partial charge in [0.2, 0.25) is 5.28 Å². The lowest BCUT2D eigenvalue weighted by Crippen LogP contribution is -2.31. The first-order valence-corrected chi connectivity index (χ1v) is 3.89. The van der Waals surface area contributed by atoms with Crippen molar-refractivity contribution >= 4 is 0 Å². The molecular weight excluding hydrogens is 208 g/mol. The summed E-state index contributed by atoms with van der Waals surface area (Å²) in [5.74, 6) is 0. The van der Waals surface area contributed by atoms with E-state index in [2.05, 4.69) is 20.1 Å². The van der Waals surface area contributed by atoms with Crippen LogP contribution < -0.4 is 0 Å². The van der Waals surface area contributed by atoms with E-state index in [-0.39, 0.29) is 16.7 Å². The first kappa shape index (κ1) is 13.2. The molecule has 0 bridgehead atoms. The lowest BCUT2D eigenvalue weighted by atomic mass is 11.2. The van der Waals surface area contributed by atoms with Crippen molar-refractivity contribution in [3.8, 4) is 0 Å². The average molecular weight is 222 g/mol. The van der Waals surface area contributed by atoms with E-state index in [1.54, 1.807) is 0 Å². The van der Waals surface area contributed by atoms with Crippen LogP contribution in [0.2, 0.25) is 0 Å². The van der Waals surface area contributed by atoms with E-state index >= 15 is 0 Å². The van der Waals surface area contributed by atoms with E-state index in [4.69, 9.17) is 0 Å². The summed E-state index contributed by atoms with van der Waals surface area (Å²) >= 11 is 0. The number of hydrazine groups is 2. The third-order valence-electron chi connectivity index (χ3n) is 1.21. The minimum atomic E-state index is -0.357. The van der Waals surface area contributed by atoms with Crippen LogP contribution in [0.15, 0.2) is 10.4 Å². The van der Waals surface area contributed by atoms with E-state index in [1.165, 1.54) is 28.3 Å². The van der Waals surface area contributed by atoms with Gasteiger partial charge in [0.15, 0.2) is 0 Å². The van der Waals surface area contributed by atoms with E-state index in [1.807, 2.05) is 0 Å². The first-order chi connectivity index (χ1) is 7.02. The molecule has 0 saturated heterocycles. The van der Waals surface area contributed by atoms with Crippen LogP contribution in [-0.2, 0) is 9.68 Å². The van der Waals surface area contributed by atoms with E-state index in [0.29, 0.717) is 5.17 Å². The fourth-order valence-corrected chi connectivity index (χ4v) is 0.469. The monoisotopic (exact) mass is 222 g/mol. The molecule has 0 spiro atoms. The normalized spacial score (nSPS) is 12.5. The van der Waals surface area contributed by atoms with Crippen molar-refractivity contribution in [3.05, 3.63) is 10.4 Å². The van der Waals surface area contributed by atoms with Gasteiger partial charge in [0, 0.05) is 5.17 Å². The van der Waals surface area contributed by atoms with Gasteiger partial charge in [-0.05, 0) is 5.11 Å². The van der Waals surface area contributed by atoms with E-state index in [0.717, 1.165) is 5.01 Å². The van der Waals surface area contributed by atoms with Gasteiger partial charge in [-0.15, -0.1) is 0 Å². The molecule has 10 heteroatoms. The molecule has 0 N–H and O–H groups in total. The van der Waals surface area contributed by atoms with Crippen LogP contribution in [-0.4, -0.2) is 55.1 Å². The summed E-state index contributed by atoms with van der Waals surface area (Å²) in [6.45, 7) is -0.357. The smallest absolute Gasteiger partial charge is 0.278 e. The van der Waals surface area contributed by atoms with Gasteiger partial charge in [0.25, 0.3) is 6.73 Å². The Morgan fingerprint density at radius 2 is 1.87 bits per heavy atom. The molecule has 0 unspecified atom stereocenters. The zero-order valence-electron chi connectivity index (χ0n) is 9.02. The topological polar surface area (TPSA) is 102 Å². The van der Waals surface area contributed by atoms with Gasteiger partial charge < -0.3 is 15.3 Å². The number of hydrogen-bond donors (Lipinski definition) is 0. The van der Waals surface area contributed by atoms with Crippen molar-refractivity contribution in [2.24, 2.45) is 10.4 Å². The molecule has 0 aliphatic rings. The maximum absolute atomic E-state index is 10.9. The lowest BCUT2D eigenvalue weighted by molar-refractivity contribution is -0.773. The van der Waals surface area contributed by atoms with Gasteiger partial charge in [-0.25, -0.2) is 4.84 Å². The fourth-order valence-electron chi connectivity index (χ4n) is 0.469. The average Bonchev–Trinajstić information content (AvgIpc) is 2.22. The first-order valence-electron chi connectivity index (χ1n) is 3.89. The molecule has 15 heavy (non-hydrogen) atoms. The largest absolute Gasteiger partial charge is 0.570 e. The second kappa shape index (κ2) is 6.59. The zero-order chi connectivity index (χ0) is 11.8. The second-order valence-electron chi connectivity index (χ2n) is 2.43. The molecule has 0 radical (unpaired) electrons. The van der Waals surface area contributed by atoms with E-state index in [9.17, 15) is 10.4 Å². The molecule has 88 valence electrons. The standard InChI is InChI=1S/C5H14N6O4/c1-6-10(12)9(14-4)5-15-7-11(13)8(2)3/h5H2,1-4H3. The highest BCUT2D eigenvalue weighted by molar-refractivity contribution is 4.07. The van der Waals surface area contributed by atoms with E-state index < -0.39 is 0 Å². The SMILES string of the molecule is CN=[N+]([O-])N(CON=[N+]([O-])N(C)C)OC. The van der Waals surface area contributed by atoms with Gasteiger partial charge >= 0.3 is 0 Å². The number of nitrogens with zero attached hydrogens (tertiary/aromatic N) is 6. The Labute approximate surface area is 86.6 Å². The minimum absolute atomic E-state index is 0.153. The quantitative estimate of drug-likeness (QED) is 0.264. The van der Waals surface area contributed by atoms with Crippen LogP contribution in [0.3, 0.4) is 0 Å². The van der Waals surface area contributed by atoms with Gasteiger partial charge in [-0.3, -0.25) is 0 Å². The summed E-state index contributed by atoms with van der Waals surface area (Å²) in [4.78, 5) is 9.46. The van der Waals surface area contributed by atoms with Crippen LogP contribution in [0.4, 0.5) is 0 Å². The molecular formula is C5H14N6O4. The Kier molecular flexibility index (Phi) is 5.78. The summed E-state index contributed by atoms with van der Waals surface area (Å²) in [5, 5.41) is 29.9. The maximum Gasteiger partial charge on any atom is 0.278 e. The van der Waals surface area contributed by atoms with Crippen molar-refractivity contribution < 1.29 is 19.6 Å². The molecule has 0 aromatic rings. The fraction of sp³-hybridized carbons (Fsp3) is 1.00. The summed E-state index contributed by atoms with van der Waals surface area (Å²) < 4.78 is 0. The molecule has 0 aliphatic carbocycles. The Balaban J connectivity index is 4.08. The van der Waals surface area contributed by atoms with Crippen LogP contribution >= 0.6 is 0 Å². The summed E-state index contributed by atoms with van der Waals surface area (Å²) in [6.07, 6.45) is 0. The molecule has 0 rings (SSSR count). The molecule has 0 fully saturated rings. The van der Waals surface area contributed by atoms with Crippen LogP contribution in [0, 0.1) is 10.4 Å². The second-order valence-corrected chi connectivity index (χ2v) is 2.43. The molecule has 0 aromatic heterocycles. The Hall–Kier alpha value is -1.84. The zero-order valence-corrected chi connectivity index (χ0v) is 9.02. The van der Waals surface area contributed by atoms with Gasteiger partial charge in [0.05, 0.1) is 38.2 Å². The maximum atomic E-state index is 10.9. The molecule has 10 nitrogen and oxygen atoms in total. The highest BCUT2D eigenvalue weighted by atomic mass is 16.8. The molecule has 0 aromatic carbocycles. The molecule has 0 atom stereocenters. The summed E-state index contributed by atoms with van der Waals surface area (Å²) in [7, 11) is 5.49. The van der Waals surface area contributed by atoms with Crippen LogP contribution in [0.5, 0.6) is 0 Å². The lowest BCUT2D eigenvalue weighted by Gasteiger charge is -2.12. The number of rotatable bonds is 6. The van der Waals surface area contributed by atoms with Crippen molar-refractivity contribution in [1.82, 2.24) is 10.2 Å². The highest BCUT2D eigenvalue weighted by Crippen LogP contribution is 1.92. The Bertz CT molecular complexity index is 242. The van der Waals surface area contributed by atoms with Crippen LogP contribution in [0.1, 0.15) is 0 Å². The molecule has 0 aliphatic heterocycles. The third-order valence-corrected chi connectivity index (χ3v) is 1.21. The predicted molar refractivity (Wildman–Crippen MR) is 46.5 cm³/mol. The van der Waals surface area contributed by atoms with Gasteiger partial charge in [-0.2, -0.15) is 5.01 Å². The predicted octanol–water partition coefficient (Wildman–Crippen LogP) is -0.315. The van der Waals surface area contributed by atoms with Crippen molar-refractivity contribution in [2.75, 3.05) is 35.0 Å². The Morgan fingerprint density at radius 3 is 2.27 bits per heavy atom. The van der Waals surface area contributed by atoms with Crippen molar-refractivity contribution in [1.29, 1.82) is 0 Å². The van der Waals surface area contributed by atoms with Gasteiger partial charge in [-0.1, -0.05) is 0 Å². The minimum Gasteiger partial charge on any atom is -0.570 e. The molecule has 0 saturated carbocycles. The number of hydroxylamine groups is 1. The Morgan fingerprint density at radius 1 is 1.27 bits per heavy atom. The number of hydrogen-bond acceptors (Lipinski definition) is 6. The third kappa shape index (κ3) is 4.81. The summed E-state index contributed by atoms with van der Waals surface area (Å²) in [5.41, 5.74) is 0. The van der Waals surface area contributed by atoms with Gasteiger partial charge in [0.1, 0.15) is 0 Å².